The van der Waals surface area contributed by atoms with Crippen molar-refractivity contribution in [2.45, 2.75) is 19.3 Å². The largest absolute Gasteiger partial charge is 0.496 e. The summed E-state index contributed by atoms with van der Waals surface area (Å²) in [6.45, 7) is 4.81. The number of carbonyl (C=O) groups excluding carboxylic acids is 2. The summed E-state index contributed by atoms with van der Waals surface area (Å²) in [7, 11) is 3.54. The highest BCUT2D eigenvalue weighted by Gasteiger charge is 2.27. The van der Waals surface area contributed by atoms with Crippen molar-refractivity contribution in [2.75, 3.05) is 60.0 Å². The zero-order valence-corrected chi connectivity index (χ0v) is 16.9. The van der Waals surface area contributed by atoms with Crippen LogP contribution in [0, 0.1) is 5.92 Å². The summed E-state index contributed by atoms with van der Waals surface area (Å²) in [6.07, 6.45) is 2.86. The van der Waals surface area contributed by atoms with Crippen molar-refractivity contribution in [3.05, 3.63) is 29.8 Å². The van der Waals surface area contributed by atoms with Gasteiger partial charge in [0.1, 0.15) is 18.9 Å². The van der Waals surface area contributed by atoms with Crippen molar-refractivity contribution >= 4 is 12.0 Å². The SMILES string of the molecule is COc1ccccc1CCN1CCC[C@@H](CN(C)C(=O)CN2CCOC2=O)C1. The molecule has 0 aromatic heterocycles. The van der Waals surface area contributed by atoms with E-state index in [4.69, 9.17) is 9.47 Å². The molecule has 0 saturated carbocycles. The normalized spacial score (nSPS) is 20.1. The predicted molar refractivity (Wildman–Crippen MR) is 106 cm³/mol. The number of para-hydroxylation sites is 1. The van der Waals surface area contributed by atoms with Crippen molar-refractivity contribution in [3.8, 4) is 5.75 Å². The van der Waals surface area contributed by atoms with Gasteiger partial charge in [-0.25, -0.2) is 4.79 Å². The molecule has 154 valence electrons. The summed E-state index contributed by atoms with van der Waals surface area (Å²) >= 11 is 0. The number of piperidine rings is 1. The second-order valence-electron chi connectivity index (χ2n) is 7.68. The molecule has 0 unspecified atom stereocenters. The number of amides is 2. The van der Waals surface area contributed by atoms with Gasteiger partial charge in [0.15, 0.2) is 0 Å². The molecular weight excluding hydrogens is 358 g/mol. The average Bonchev–Trinajstić information content (AvgIpc) is 3.11. The molecule has 1 aromatic rings. The van der Waals surface area contributed by atoms with Gasteiger partial charge < -0.3 is 19.3 Å². The molecule has 28 heavy (non-hydrogen) atoms. The van der Waals surface area contributed by atoms with Crippen LogP contribution in [-0.2, 0) is 16.0 Å². The number of cyclic esters (lactones) is 1. The van der Waals surface area contributed by atoms with E-state index in [-0.39, 0.29) is 18.5 Å². The summed E-state index contributed by atoms with van der Waals surface area (Å²) in [4.78, 5) is 29.7. The number of nitrogens with zero attached hydrogens (tertiary/aromatic N) is 3. The number of methoxy groups -OCH3 is 1. The van der Waals surface area contributed by atoms with Gasteiger partial charge in [0, 0.05) is 26.7 Å². The van der Waals surface area contributed by atoms with Gasteiger partial charge in [-0.2, -0.15) is 0 Å². The third kappa shape index (κ3) is 5.38. The Morgan fingerprint density at radius 1 is 1.32 bits per heavy atom. The van der Waals surface area contributed by atoms with E-state index in [0.717, 1.165) is 51.2 Å². The Morgan fingerprint density at radius 2 is 2.14 bits per heavy atom. The first-order valence-electron chi connectivity index (χ1n) is 10.1. The van der Waals surface area contributed by atoms with Crippen LogP contribution in [0.1, 0.15) is 18.4 Å². The van der Waals surface area contributed by atoms with Crippen molar-refractivity contribution < 1.29 is 19.1 Å². The van der Waals surface area contributed by atoms with E-state index in [1.165, 1.54) is 10.5 Å². The standard InChI is InChI=1S/C21H31N3O4/c1-22(20(25)16-24-12-13-28-21(24)26)14-17-6-5-10-23(15-17)11-9-18-7-3-4-8-19(18)27-2/h3-4,7-8,17H,5-6,9-16H2,1-2H3/t17-/m0/s1. The van der Waals surface area contributed by atoms with Crippen LogP contribution in [0.3, 0.4) is 0 Å². The van der Waals surface area contributed by atoms with Gasteiger partial charge in [0.25, 0.3) is 0 Å². The Hall–Kier alpha value is -2.28. The summed E-state index contributed by atoms with van der Waals surface area (Å²) < 4.78 is 10.3. The van der Waals surface area contributed by atoms with E-state index in [2.05, 4.69) is 11.0 Å². The molecule has 3 rings (SSSR count). The molecule has 2 heterocycles. The molecular formula is C21H31N3O4. The topological polar surface area (TPSA) is 62.3 Å². The highest BCUT2D eigenvalue weighted by atomic mass is 16.6. The lowest BCUT2D eigenvalue weighted by molar-refractivity contribution is -0.131. The first-order chi connectivity index (χ1) is 13.6. The minimum Gasteiger partial charge on any atom is -0.496 e. The molecule has 0 N–H and O–H groups in total. The number of carbonyl (C=O) groups is 2. The quantitative estimate of drug-likeness (QED) is 0.679. The third-order valence-electron chi connectivity index (χ3n) is 5.62. The summed E-state index contributed by atoms with van der Waals surface area (Å²) in [6, 6.07) is 8.17. The van der Waals surface area contributed by atoms with Crippen LogP contribution in [0.2, 0.25) is 0 Å². The van der Waals surface area contributed by atoms with Gasteiger partial charge in [-0.3, -0.25) is 9.69 Å². The van der Waals surface area contributed by atoms with Crippen molar-refractivity contribution in [3.63, 3.8) is 0 Å². The lowest BCUT2D eigenvalue weighted by atomic mass is 9.97. The second kappa shape index (κ2) is 9.78. The number of likely N-dealkylation sites (tertiary alicyclic amines) is 1. The number of likely N-dealkylation sites (N-methyl/N-ethyl adjacent to an activating group) is 1. The van der Waals surface area contributed by atoms with E-state index in [1.54, 1.807) is 12.0 Å². The maximum Gasteiger partial charge on any atom is 0.410 e. The molecule has 0 aliphatic carbocycles. The molecule has 7 nitrogen and oxygen atoms in total. The van der Waals surface area contributed by atoms with Crippen LogP contribution in [0.25, 0.3) is 0 Å². The smallest absolute Gasteiger partial charge is 0.410 e. The molecule has 1 aromatic carbocycles. The van der Waals surface area contributed by atoms with Crippen LogP contribution in [0.4, 0.5) is 4.79 Å². The molecule has 2 aliphatic heterocycles. The Balaban J connectivity index is 1.45. The second-order valence-corrected chi connectivity index (χ2v) is 7.68. The van der Waals surface area contributed by atoms with Crippen LogP contribution >= 0.6 is 0 Å². The Morgan fingerprint density at radius 3 is 2.89 bits per heavy atom. The van der Waals surface area contributed by atoms with E-state index in [0.29, 0.717) is 19.1 Å². The van der Waals surface area contributed by atoms with Crippen molar-refractivity contribution in [1.29, 1.82) is 0 Å². The fraction of sp³-hybridized carbons (Fsp3) is 0.619. The zero-order valence-electron chi connectivity index (χ0n) is 16.9. The number of hydrogen-bond acceptors (Lipinski definition) is 5. The zero-order chi connectivity index (χ0) is 19.9. The van der Waals surface area contributed by atoms with Crippen LogP contribution in [-0.4, -0.2) is 86.7 Å². The summed E-state index contributed by atoms with van der Waals surface area (Å²) in [5.41, 5.74) is 1.23. The summed E-state index contributed by atoms with van der Waals surface area (Å²) in [5, 5.41) is 0. The Labute approximate surface area is 167 Å². The van der Waals surface area contributed by atoms with Crippen molar-refractivity contribution in [2.24, 2.45) is 5.92 Å². The molecule has 0 bridgehead atoms. The van der Waals surface area contributed by atoms with Crippen molar-refractivity contribution in [1.82, 2.24) is 14.7 Å². The fourth-order valence-corrected chi connectivity index (χ4v) is 4.03. The van der Waals surface area contributed by atoms with Crippen LogP contribution in [0.15, 0.2) is 24.3 Å². The van der Waals surface area contributed by atoms with E-state index >= 15 is 0 Å². The van der Waals surface area contributed by atoms with Crippen LogP contribution < -0.4 is 4.74 Å². The first kappa shape index (κ1) is 20.5. The maximum absolute atomic E-state index is 12.4. The minimum absolute atomic E-state index is 0.0232. The summed E-state index contributed by atoms with van der Waals surface area (Å²) in [5.74, 6) is 1.39. The van der Waals surface area contributed by atoms with Gasteiger partial charge in [0.05, 0.1) is 13.7 Å². The number of hydrogen-bond donors (Lipinski definition) is 0. The molecule has 7 heteroatoms. The third-order valence-corrected chi connectivity index (χ3v) is 5.62. The van der Waals surface area contributed by atoms with Crippen LogP contribution in [0.5, 0.6) is 5.75 Å². The van der Waals surface area contributed by atoms with Gasteiger partial charge in [-0.1, -0.05) is 18.2 Å². The van der Waals surface area contributed by atoms with Gasteiger partial charge in [0.2, 0.25) is 5.91 Å². The van der Waals surface area contributed by atoms with Gasteiger partial charge >= 0.3 is 6.09 Å². The Bertz CT molecular complexity index is 681. The molecule has 2 fully saturated rings. The number of ether oxygens (including phenoxy) is 2. The number of benzene rings is 1. The number of rotatable bonds is 8. The van der Waals surface area contributed by atoms with E-state index in [9.17, 15) is 9.59 Å². The lowest BCUT2D eigenvalue weighted by Crippen LogP contribution is -2.44. The monoisotopic (exact) mass is 389 g/mol. The molecule has 0 spiro atoms. The van der Waals surface area contributed by atoms with Gasteiger partial charge in [-0.05, 0) is 43.4 Å². The molecule has 2 amide bonds. The van der Waals surface area contributed by atoms with E-state index in [1.807, 2.05) is 25.2 Å². The lowest BCUT2D eigenvalue weighted by Gasteiger charge is -2.35. The predicted octanol–water partition coefficient (Wildman–Crippen LogP) is 1.86. The molecule has 2 aliphatic rings. The fourth-order valence-electron chi connectivity index (χ4n) is 4.03. The average molecular weight is 389 g/mol. The molecule has 2 saturated heterocycles. The molecule has 1 atom stereocenters. The molecule has 0 radical (unpaired) electrons. The first-order valence-corrected chi connectivity index (χ1v) is 10.1. The highest BCUT2D eigenvalue weighted by Crippen LogP contribution is 2.21. The maximum atomic E-state index is 12.4. The van der Waals surface area contributed by atoms with Gasteiger partial charge in [-0.15, -0.1) is 0 Å². The minimum atomic E-state index is -0.387. The Kier molecular flexibility index (Phi) is 7.14. The van der Waals surface area contributed by atoms with E-state index < -0.39 is 0 Å². The highest BCUT2D eigenvalue weighted by molar-refractivity contribution is 5.82.